The Balaban J connectivity index is 2.72. The van der Waals surface area contributed by atoms with Crippen LogP contribution in [-0.2, 0) is 4.79 Å². The predicted octanol–water partition coefficient (Wildman–Crippen LogP) is 2.11. The number of carboxylic acid groups (broad SMARTS) is 1. The van der Waals surface area contributed by atoms with Crippen molar-refractivity contribution >= 4 is 17.6 Å². The van der Waals surface area contributed by atoms with E-state index in [4.69, 9.17) is 21.4 Å². The Morgan fingerprint density at radius 1 is 1.62 bits per heavy atom. The molecule has 0 amide bonds. The van der Waals surface area contributed by atoms with Crippen LogP contribution in [0.5, 0.6) is 5.75 Å². The Kier molecular flexibility index (Phi) is 3.14. The zero-order chi connectivity index (χ0) is 9.84. The summed E-state index contributed by atoms with van der Waals surface area (Å²) in [5.74, 6) is -0.619. The molecular formula is C9H9ClO3. The molecule has 1 N–H and O–H groups in total. The molecular weight excluding hydrogens is 192 g/mol. The Morgan fingerprint density at radius 2 is 2.31 bits per heavy atom. The zero-order valence-electron chi connectivity index (χ0n) is 7.08. The lowest BCUT2D eigenvalue weighted by Crippen LogP contribution is -2.09. The molecule has 0 atom stereocenters. The lowest BCUT2D eigenvalue weighted by Gasteiger charge is -2.05. The quantitative estimate of drug-likeness (QED) is 0.813. The topological polar surface area (TPSA) is 46.5 Å². The minimum Gasteiger partial charge on any atom is -0.480 e. The van der Waals surface area contributed by atoms with Crippen LogP contribution in [0.1, 0.15) is 5.56 Å². The lowest BCUT2D eigenvalue weighted by atomic mass is 10.2. The van der Waals surface area contributed by atoms with Crippen LogP contribution in [-0.4, -0.2) is 17.7 Å². The second-order valence-corrected chi connectivity index (χ2v) is 3.02. The molecule has 1 rings (SSSR count). The highest BCUT2D eigenvalue weighted by Crippen LogP contribution is 2.24. The van der Waals surface area contributed by atoms with Gasteiger partial charge in [0.25, 0.3) is 0 Å². The van der Waals surface area contributed by atoms with E-state index in [1.807, 2.05) is 13.0 Å². The van der Waals surface area contributed by atoms with Gasteiger partial charge < -0.3 is 9.84 Å². The van der Waals surface area contributed by atoms with Crippen LogP contribution in [0.3, 0.4) is 0 Å². The molecule has 0 radical (unpaired) electrons. The molecule has 3 nitrogen and oxygen atoms in total. The molecule has 13 heavy (non-hydrogen) atoms. The van der Waals surface area contributed by atoms with Crippen LogP contribution in [0.25, 0.3) is 0 Å². The molecule has 0 aliphatic rings. The smallest absolute Gasteiger partial charge is 0.341 e. The molecule has 0 unspecified atom stereocenters. The lowest BCUT2D eigenvalue weighted by molar-refractivity contribution is -0.139. The van der Waals surface area contributed by atoms with E-state index in [0.29, 0.717) is 10.8 Å². The first-order valence-electron chi connectivity index (χ1n) is 3.70. The van der Waals surface area contributed by atoms with Gasteiger partial charge in [0, 0.05) is 0 Å². The molecule has 0 aromatic heterocycles. The third kappa shape index (κ3) is 2.95. The number of ether oxygens (including phenoxy) is 1. The van der Waals surface area contributed by atoms with Gasteiger partial charge in [-0.3, -0.25) is 0 Å². The van der Waals surface area contributed by atoms with E-state index >= 15 is 0 Å². The number of aryl methyl sites for hydroxylation is 1. The average Bonchev–Trinajstić information content (AvgIpc) is 2.02. The van der Waals surface area contributed by atoms with Gasteiger partial charge in [0.05, 0.1) is 5.02 Å². The van der Waals surface area contributed by atoms with E-state index < -0.39 is 5.97 Å². The number of carboxylic acids is 1. The van der Waals surface area contributed by atoms with Crippen molar-refractivity contribution in [3.63, 3.8) is 0 Å². The second-order valence-electron chi connectivity index (χ2n) is 2.62. The van der Waals surface area contributed by atoms with Crippen LogP contribution in [0.15, 0.2) is 18.2 Å². The highest BCUT2D eigenvalue weighted by Gasteiger charge is 2.03. The first-order valence-corrected chi connectivity index (χ1v) is 4.08. The van der Waals surface area contributed by atoms with Crippen molar-refractivity contribution in [1.82, 2.24) is 0 Å². The van der Waals surface area contributed by atoms with Crippen molar-refractivity contribution in [2.75, 3.05) is 6.61 Å². The molecule has 0 aliphatic heterocycles. The number of hydrogen-bond acceptors (Lipinski definition) is 2. The summed E-state index contributed by atoms with van der Waals surface area (Å²) in [5, 5.41) is 8.78. The number of aliphatic carboxylic acids is 1. The summed E-state index contributed by atoms with van der Waals surface area (Å²) in [4.78, 5) is 10.2. The van der Waals surface area contributed by atoms with Crippen molar-refractivity contribution in [1.29, 1.82) is 0 Å². The molecule has 1 aromatic carbocycles. The Morgan fingerprint density at radius 3 is 2.85 bits per heavy atom. The molecule has 0 saturated carbocycles. The van der Waals surface area contributed by atoms with Crippen molar-refractivity contribution < 1.29 is 14.6 Å². The molecule has 4 heteroatoms. The molecule has 0 bridgehead atoms. The van der Waals surface area contributed by atoms with Gasteiger partial charge >= 0.3 is 5.97 Å². The summed E-state index contributed by atoms with van der Waals surface area (Å²) in [7, 11) is 0. The van der Waals surface area contributed by atoms with Gasteiger partial charge in [-0.2, -0.15) is 0 Å². The number of carbonyl (C=O) groups is 1. The number of hydrogen-bond donors (Lipinski definition) is 1. The SMILES string of the molecule is Cc1ccc(OCC(=O)O)c(Cl)c1. The van der Waals surface area contributed by atoms with Crippen LogP contribution < -0.4 is 4.74 Å². The maximum Gasteiger partial charge on any atom is 0.341 e. The summed E-state index contributed by atoms with van der Waals surface area (Å²) in [5.41, 5.74) is 1.01. The van der Waals surface area contributed by atoms with E-state index in [9.17, 15) is 4.79 Å². The van der Waals surface area contributed by atoms with Crippen molar-refractivity contribution in [3.8, 4) is 5.75 Å². The predicted molar refractivity (Wildman–Crippen MR) is 49.3 cm³/mol. The minimum absolute atomic E-state index is 0.372. The second kappa shape index (κ2) is 4.14. The summed E-state index contributed by atoms with van der Waals surface area (Å²) in [6.07, 6.45) is 0. The summed E-state index contributed by atoms with van der Waals surface area (Å²) >= 11 is 5.80. The maximum atomic E-state index is 10.2. The summed E-state index contributed by atoms with van der Waals surface area (Å²) in [6, 6.07) is 5.18. The Labute approximate surface area is 80.9 Å². The minimum atomic E-state index is -1.02. The van der Waals surface area contributed by atoms with Gasteiger partial charge in [0.2, 0.25) is 0 Å². The van der Waals surface area contributed by atoms with E-state index in [0.717, 1.165) is 5.56 Å². The highest BCUT2D eigenvalue weighted by molar-refractivity contribution is 6.32. The Hall–Kier alpha value is -1.22. The fourth-order valence-electron chi connectivity index (χ4n) is 0.862. The third-order valence-electron chi connectivity index (χ3n) is 1.44. The van der Waals surface area contributed by atoms with E-state index in [1.54, 1.807) is 12.1 Å². The van der Waals surface area contributed by atoms with E-state index in [-0.39, 0.29) is 6.61 Å². The van der Waals surface area contributed by atoms with Gasteiger partial charge in [-0.1, -0.05) is 17.7 Å². The maximum absolute atomic E-state index is 10.2. The highest BCUT2D eigenvalue weighted by atomic mass is 35.5. The van der Waals surface area contributed by atoms with Crippen LogP contribution >= 0.6 is 11.6 Å². The number of benzene rings is 1. The molecule has 70 valence electrons. The van der Waals surface area contributed by atoms with Gasteiger partial charge in [-0.15, -0.1) is 0 Å². The number of rotatable bonds is 3. The van der Waals surface area contributed by atoms with Crippen LogP contribution in [0.2, 0.25) is 5.02 Å². The fraction of sp³-hybridized carbons (Fsp3) is 0.222. The van der Waals surface area contributed by atoms with Crippen LogP contribution in [0.4, 0.5) is 0 Å². The average molecular weight is 201 g/mol. The number of halogens is 1. The third-order valence-corrected chi connectivity index (χ3v) is 1.73. The van der Waals surface area contributed by atoms with Gasteiger partial charge in [0.1, 0.15) is 5.75 Å². The van der Waals surface area contributed by atoms with Gasteiger partial charge in [0.15, 0.2) is 6.61 Å². The van der Waals surface area contributed by atoms with Crippen LogP contribution in [0, 0.1) is 6.92 Å². The summed E-state index contributed by atoms with van der Waals surface area (Å²) < 4.78 is 4.92. The first kappa shape index (κ1) is 9.86. The summed E-state index contributed by atoms with van der Waals surface area (Å²) in [6.45, 7) is 1.52. The zero-order valence-corrected chi connectivity index (χ0v) is 7.84. The van der Waals surface area contributed by atoms with Crippen molar-refractivity contribution in [3.05, 3.63) is 28.8 Å². The molecule has 0 spiro atoms. The van der Waals surface area contributed by atoms with E-state index in [2.05, 4.69) is 0 Å². The Bertz CT molecular complexity index is 323. The standard InChI is InChI=1S/C9H9ClO3/c1-6-2-3-8(7(10)4-6)13-5-9(11)12/h2-4H,5H2,1H3,(H,11,12). The van der Waals surface area contributed by atoms with Crippen molar-refractivity contribution in [2.45, 2.75) is 6.92 Å². The van der Waals surface area contributed by atoms with Gasteiger partial charge in [-0.05, 0) is 24.6 Å². The van der Waals surface area contributed by atoms with E-state index in [1.165, 1.54) is 0 Å². The largest absolute Gasteiger partial charge is 0.480 e. The molecule has 0 fully saturated rings. The first-order chi connectivity index (χ1) is 6.09. The van der Waals surface area contributed by atoms with Crippen molar-refractivity contribution in [2.24, 2.45) is 0 Å². The molecule has 0 heterocycles. The molecule has 0 aliphatic carbocycles. The molecule has 1 aromatic rings. The fourth-order valence-corrected chi connectivity index (χ4v) is 1.15. The monoisotopic (exact) mass is 200 g/mol. The molecule has 0 saturated heterocycles. The van der Waals surface area contributed by atoms with Gasteiger partial charge in [-0.25, -0.2) is 4.79 Å². The normalized spacial score (nSPS) is 9.69.